The van der Waals surface area contributed by atoms with Crippen LogP contribution in [0.1, 0.15) is 45.8 Å². The molecule has 0 aliphatic rings. The predicted octanol–water partition coefficient (Wildman–Crippen LogP) is 4.63. The average Bonchev–Trinajstić information content (AvgIpc) is 2.56. The topological polar surface area (TPSA) is 44.8 Å². The molecule has 1 atom stereocenters. The van der Waals surface area contributed by atoms with Crippen molar-refractivity contribution in [3.8, 4) is 0 Å². The Kier molecular flexibility index (Phi) is 8.38. The number of hydrogen-bond donors (Lipinski definition) is 0. The molecule has 0 N–H and O–H groups in total. The number of esters is 1. The molecule has 5 heteroatoms. The van der Waals surface area contributed by atoms with E-state index < -0.39 is 14.4 Å². The number of carbonyl (C=O) groups is 1. The summed E-state index contributed by atoms with van der Waals surface area (Å²) in [7, 11) is -1.86. The van der Waals surface area contributed by atoms with Gasteiger partial charge in [0.25, 0.3) is 0 Å². The van der Waals surface area contributed by atoms with Gasteiger partial charge in [-0.15, -0.1) is 0 Å². The molecule has 0 aliphatic heterocycles. The van der Waals surface area contributed by atoms with E-state index >= 15 is 0 Å². The predicted molar refractivity (Wildman–Crippen MR) is 89.8 cm³/mol. The lowest BCUT2D eigenvalue weighted by atomic mass is 10.1. The van der Waals surface area contributed by atoms with Crippen molar-refractivity contribution in [1.82, 2.24) is 0 Å². The SMILES string of the molecule is CCOC(=O)CC(OO[Si](CC)(CC)CC)c1ccccc1. The van der Waals surface area contributed by atoms with Crippen LogP contribution < -0.4 is 0 Å². The monoisotopic (exact) mass is 324 g/mol. The highest BCUT2D eigenvalue weighted by atomic mass is 28.4. The molecule has 1 aromatic rings. The van der Waals surface area contributed by atoms with E-state index in [4.69, 9.17) is 14.2 Å². The second-order valence-electron chi connectivity index (χ2n) is 5.33. The normalized spacial score (nSPS) is 12.9. The summed E-state index contributed by atoms with van der Waals surface area (Å²) in [6.07, 6.45) is -0.254. The minimum Gasteiger partial charge on any atom is -0.466 e. The molecule has 0 saturated carbocycles. The Bertz CT molecular complexity index is 423. The van der Waals surface area contributed by atoms with Crippen molar-refractivity contribution in [2.75, 3.05) is 6.61 Å². The molecular weight excluding hydrogens is 296 g/mol. The summed E-state index contributed by atoms with van der Waals surface area (Å²) in [6, 6.07) is 12.7. The van der Waals surface area contributed by atoms with Gasteiger partial charge < -0.3 is 4.74 Å². The van der Waals surface area contributed by atoms with Crippen molar-refractivity contribution in [1.29, 1.82) is 0 Å². The third-order valence-electron chi connectivity index (χ3n) is 4.10. The van der Waals surface area contributed by atoms with E-state index in [-0.39, 0.29) is 12.4 Å². The average molecular weight is 324 g/mol. The zero-order valence-electron chi connectivity index (χ0n) is 14.1. The van der Waals surface area contributed by atoms with Gasteiger partial charge in [0.15, 0.2) is 0 Å². The van der Waals surface area contributed by atoms with Gasteiger partial charge in [0.05, 0.1) is 13.0 Å². The Balaban J connectivity index is 2.80. The molecule has 1 aromatic carbocycles. The molecule has 4 nitrogen and oxygen atoms in total. The van der Waals surface area contributed by atoms with E-state index in [2.05, 4.69) is 20.8 Å². The molecule has 1 unspecified atom stereocenters. The van der Waals surface area contributed by atoms with Gasteiger partial charge in [-0.3, -0.25) is 9.37 Å². The van der Waals surface area contributed by atoms with Crippen molar-refractivity contribution in [3.05, 3.63) is 35.9 Å². The zero-order chi connectivity index (χ0) is 16.4. The molecule has 124 valence electrons. The van der Waals surface area contributed by atoms with Crippen LogP contribution in [-0.4, -0.2) is 20.9 Å². The maximum Gasteiger partial charge on any atom is 0.308 e. The molecule has 0 bridgehead atoms. The first kappa shape index (κ1) is 18.9. The first-order chi connectivity index (χ1) is 10.6. The van der Waals surface area contributed by atoms with Crippen LogP contribution in [0.3, 0.4) is 0 Å². The van der Waals surface area contributed by atoms with E-state index in [0.29, 0.717) is 6.61 Å². The Labute approximate surface area is 134 Å². The standard InChI is InChI=1S/C17H28O4Si/c1-5-19-17(18)14-16(15-12-10-9-11-13-15)20-21-22(6-2,7-3)8-4/h9-13,16H,5-8,14H2,1-4H3. The Morgan fingerprint density at radius 1 is 1.05 bits per heavy atom. The lowest BCUT2D eigenvalue weighted by Gasteiger charge is -2.28. The van der Waals surface area contributed by atoms with Crippen LogP contribution >= 0.6 is 0 Å². The van der Waals surface area contributed by atoms with Crippen LogP contribution in [0.25, 0.3) is 0 Å². The second-order valence-corrected chi connectivity index (χ2v) is 9.99. The van der Waals surface area contributed by atoms with Crippen molar-refractivity contribution in [3.63, 3.8) is 0 Å². The lowest BCUT2D eigenvalue weighted by molar-refractivity contribution is -0.262. The van der Waals surface area contributed by atoms with Crippen molar-refractivity contribution >= 4 is 14.3 Å². The third kappa shape index (κ3) is 5.55. The third-order valence-corrected chi connectivity index (χ3v) is 8.42. The van der Waals surface area contributed by atoms with Gasteiger partial charge in [-0.1, -0.05) is 51.1 Å². The maximum atomic E-state index is 11.8. The molecule has 0 spiro atoms. The molecule has 0 heterocycles. The molecule has 22 heavy (non-hydrogen) atoms. The molecule has 1 rings (SSSR count). The summed E-state index contributed by atoms with van der Waals surface area (Å²) in [4.78, 5) is 17.6. The van der Waals surface area contributed by atoms with E-state index in [9.17, 15) is 4.79 Å². The number of benzene rings is 1. The van der Waals surface area contributed by atoms with Crippen LogP contribution in [-0.2, 0) is 19.0 Å². The Morgan fingerprint density at radius 2 is 1.64 bits per heavy atom. The summed E-state index contributed by atoms with van der Waals surface area (Å²) in [5.41, 5.74) is 0.932. The highest BCUT2D eigenvalue weighted by molar-refractivity contribution is 6.73. The molecular formula is C17H28O4Si. The van der Waals surface area contributed by atoms with E-state index in [1.54, 1.807) is 6.92 Å². The van der Waals surface area contributed by atoms with E-state index in [1.165, 1.54) is 0 Å². The molecule has 0 saturated heterocycles. The number of rotatable bonds is 10. The van der Waals surface area contributed by atoms with Crippen LogP contribution in [0.2, 0.25) is 18.1 Å². The van der Waals surface area contributed by atoms with Gasteiger partial charge in [-0.05, 0) is 30.6 Å². The summed E-state index contributed by atoms with van der Waals surface area (Å²) in [6.45, 7) is 8.61. The number of ether oxygens (including phenoxy) is 1. The first-order valence-corrected chi connectivity index (χ1v) is 10.7. The quantitative estimate of drug-likeness (QED) is 0.272. The zero-order valence-corrected chi connectivity index (χ0v) is 15.1. The second kappa shape index (κ2) is 9.76. The molecule has 0 aliphatic carbocycles. The molecule has 0 radical (unpaired) electrons. The van der Waals surface area contributed by atoms with Gasteiger partial charge in [0.2, 0.25) is 8.32 Å². The van der Waals surface area contributed by atoms with Crippen LogP contribution in [0, 0.1) is 0 Å². The van der Waals surface area contributed by atoms with Gasteiger partial charge in [0, 0.05) is 0 Å². The lowest BCUT2D eigenvalue weighted by Crippen LogP contribution is -2.36. The van der Waals surface area contributed by atoms with Crippen molar-refractivity contribution in [2.45, 2.75) is 58.4 Å². The summed E-state index contributed by atoms with van der Waals surface area (Å²) < 4.78 is 10.9. The maximum absolute atomic E-state index is 11.8. The van der Waals surface area contributed by atoms with Gasteiger partial charge in [0.1, 0.15) is 6.10 Å². The Hall–Kier alpha value is -1.17. The highest BCUT2D eigenvalue weighted by Crippen LogP contribution is 2.28. The Morgan fingerprint density at radius 3 is 2.14 bits per heavy atom. The van der Waals surface area contributed by atoms with Crippen LogP contribution in [0.15, 0.2) is 30.3 Å². The summed E-state index contributed by atoms with van der Waals surface area (Å²) in [5.74, 6) is -0.267. The van der Waals surface area contributed by atoms with Crippen LogP contribution in [0.4, 0.5) is 0 Å². The van der Waals surface area contributed by atoms with Gasteiger partial charge >= 0.3 is 5.97 Å². The molecule has 0 amide bonds. The van der Waals surface area contributed by atoms with E-state index in [0.717, 1.165) is 23.7 Å². The smallest absolute Gasteiger partial charge is 0.308 e. The van der Waals surface area contributed by atoms with Crippen molar-refractivity contribution < 1.29 is 19.0 Å². The first-order valence-electron chi connectivity index (χ1n) is 8.15. The number of hydrogen-bond acceptors (Lipinski definition) is 4. The summed E-state index contributed by atoms with van der Waals surface area (Å²) >= 11 is 0. The van der Waals surface area contributed by atoms with Gasteiger partial charge in [-0.2, -0.15) is 0 Å². The minimum absolute atomic E-state index is 0.166. The van der Waals surface area contributed by atoms with E-state index in [1.807, 2.05) is 30.3 Å². The van der Waals surface area contributed by atoms with Crippen LogP contribution in [0.5, 0.6) is 0 Å². The van der Waals surface area contributed by atoms with Crippen molar-refractivity contribution in [2.24, 2.45) is 0 Å². The summed E-state index contributed by atoms with van der Waals surface area (Å²) in [5, 5.41) is 0. The fourth-order valence-corrected chi connectivity index (χ4v) is 4.51. The molecule has 0 aromatic heterocycles. The fraction of sp³-hybridized carbons (Fsp3) is 0.588. The molecule has 0 fully saturated rings. The fourth-order valence-electron chi connectivity index (χ4n) is 2.33. The number of carbonyl (C=O) groups excluding carboxylic acids is 1. The highest BCUT2D eigenvalue weighted by Gasteiger charge is 2.32. The minimum atomic E-state index is -1.86. The van der Waals surface area contributed by atoms with Gasteiger partial charge in [-0.25, -0.2) is 4.89 Å². The largest absolute Gasteiger partial charge is 0.466 e.